The maximum atomic E-state index is 14.8. The van der Waals surface area contributed by atoms with E-state index in [1.165, 1.54) is 25.2 Å². The van der Waals surface area contributed by atoms with Crippen molar-refractivity contribution >= 4 is 40.7 Å². The number of carboxylic acids is 1. The van der Waals surface area contributed by atoms with Crippen LogP contribution in [0.3, 0.4) is 0 Å². The smallest absolute Gasteiger partial charge is 0.337 e. The predicted octanol–water partition coefficient (Wildman–Crippen LogP) is 4.86. The summed E-state index contributed by atoms with van der Waals surface area (Å²) in [6, 6.07) is 8.76. The highest BCUT2D eigenvalue weighted by Gasteiger charge is 2.60. The van der Waals surface area contributed by atoms with Crippen molar-refractivity contribution in [2.24, 2.45) is 10.4 Å². The number of carbonyl (C=O) groups is 2. The Morgan fingerprint density at radius 3 is 2.55 bits per heavy atom. The number of aliphatic imine (C=N–C) groups is 1. The number of rotatable bonds is 8. The van der Waals surface area contributed by atoms with Crippen molar-refractivity contribution < 1.29 is 28.2 Å². The summed E-state index contributed by atoms with van der Waals surface area (Å²) in [6.07, 6.45) is 1.48. The van der Waals surface area contributed by atoms with Crippen LogP contribution in [0.4, 0.5) is 8.78 Å². The molecule has 3 heterocycles. The van der Waals surface area contributed by atoms with Crippen LogP contribution in [0.1, 0.15) is 38.6 Å². The topological polar surface area (TPSA) is 104 Å². The van der Waals surface area contributed by atoms with Crippen LogP contribution < -0.4 is 5.32 Å². The Labute approximate surface area is 229 Å². The minimum absolute atomic E-state index is 0.0157. The van der Waals surface area contributed by atoms with Crippen molar-refractivity contribution in [1.29, 1.82) is 0 Å². The van der Waals surface area contributed by atoms with Gasteiger partial charge < -0.3 is 15.2 Å². The molecule has 12 heteroatoms. The van der Waals surface area contributed by atoms with Crippen molar-refractivity contribution in [3.63, 3.8) is 0 Å². The first-order chi connectivity index (χ1) is 18.0. The molecule has 0 aliphatic carbocycles. The first-order valence-corrected chi connectivity index (χ1v) is 13.4. The number of aliphatic carboxylic acids is 1. The average Bonchev–Trinajstić information content (AvgIpc) is 3.44. The maximum Gasteiger partial charge on any atom is 0.337 e. The predicted molar refractivity (Wildman–Crippen MR) is 143 cm³/mol. The van der Waals surface area contributed by atoms with Gasteiger partial charge in [0.15, 0.2) is 10.8 Å². The fourth-order valence-corrected chi connectivity index (χ4v) is 5.12. The number of thiazole rings is 1. The van der Waals surface area contributed by atoms with Crippen molar-refractivity contribution in [1.82, 2.24) is 15.2 Å². The van der Waals surface area contributed by atoms with E-state index in [2.05, 4.69) is 15.3 Å². The molecule has 2 aromatic rings. The van der Waals surface area contributed by atoms with E-state index in [1.807, 2.05) is 30.3 Å². The third-order valence-electron chi connectivity index (χ3n) is 6.53. The van der Waals surface area contributed by atoms with E-state index in [0.29, 0.717) is 16.5 Å². The average molecular weight is 569 g/mol. The lowest BCUT2D eigenvalue weighted by atomic mass is 9.80. The molecule has 206 valence electrons. The van der Waals surface area contributed by atoms with Crippen LogP contribution in [-0.2, 0) is 14.3 Å². The van der Waals surface area contributed by atoms with Crippen molar-refractivity contribution in [2.75, 3.05) is 26.2 Å². The monoisotopic (exact) mass is 568 g/mol. The lowest BCUT2D eigenvalue weighted by Crippen LogP contribution is -2.43. The fourth-order valence-electron chi connectivity index (χ4n) is 4.37. The lowest BCUT2D eigenvalue weighted by molar-refractivity contribution is -0.139. The summed E-state index contributed by atoms with van der Waals surface area (Å²) in [5, 5.41) is 15.4. The van der Waals surface area contributed by atoms with Gasteiger partial charge in [-0.1, -0.05) is 43.6 Å². The zero-order chi connectivity index (χ0) is 27.9. The second kappa shape index (κ2) is 12.8. The molecule has 2 aliphatic heterocycles. The molecule has 38 heavy (non-hydrogen) atoms. The van der Waals surface area contributed by atoms with Gasteiger partial charge in [-0.2, -0.15) is 0 Å². The normalized spacial score (nSPS) is 20.2. The molecule has 2 N–H and O–H groups in total. The molecule has 0 saturated carbocycles. The summed E-state index contributed by atoms with van der Waals surface area (Å²) in [7, 11) is 0. The summed E-state index contributed by atoms with van der Waals surface area (Å²) >= 11 is 6.90. The van der Waals surface area contributed by atoms with Gasteiger partial charge in [0, 0.05) is 46.7 Å². The largest absolute Gasteiger partial charge is 0.481 e. The van der Waals surface area contributed by atoms with Gasteiger partial charge in [-0.05, 0) is 25.5 Å². The highest BCUT2D eigenvalue weighted by molar-refractivity contribution is 7.11. The number of ether oxygens (including phenoxy) is 1. The zero-order valence-corrected chi connectivity index (χ0v) is 23.0. The van der Waals surface area contributed by atoms with Crippen LogP contribution in [0, 0.1) is 5.41 Å². The molecule has 4 rings (SSSR count). The molecular weight excluding hydrogens is 538 g/mol. The highest BCUT2D eigenvalue weighted by Crippen LogP contribution is 2.49. The molecule has 1 atom stereocenters. The molecule has 0 bridgehead atoms. The molecule has 1 unspecified atom stereocenters. The quantitative estimate of drug-likeness (QED) is 0.438. The van der Waals surface area contributed by atoms with E-state index in [9.17, 15) is 18.4 Å². The van der Waals surface area contributed by atoms with E-state index in [-0.39, 0.29) is 38.1 Å². The summed E-state index contributed by atoms with van der Waals surface area (Å²) in [5.74, 6) is -4.14. The van der Waals surface area contributed by atoms with Gasteiger partial charge in [0.25, 0.3) is 5.92 Å². The van der Waals surface area contributed by atoms with Gasteiger partial charge >= 0.3 is 11.9 Å². The number of amidine groups is 1. The van der Waals surface area contributed by atoms with E-state index in [1.54, 1.807) is 23.4 Å². The number of carboxylic acid groups (broad SMARTS) is 1. The molecule has 8 nitrogen and oxygen atoms in total. The van der Waals surface area contributed by atoms with Gasteiger partial charge in [-0.3, -0.25) is 14.7 Å². The molecule has 1 aromatic heterocycles. The number of aromatic nitrogens is 1. The van der Waals surface area contributed by atoms with Gasteiger partial charge in [0.05, 0.1) is 25.3 Å². The van der Waals surface area contributed by atoms with Gasteiger partial charge in [-0.15, -0.1) is 11.3 Å². The molecule has 0 amide bonds. The number of carbonyl (C=O) groups excluding carboxylic acids is 1. The number of nitrogens with zero attached hydrogens (tertiary/aromatic N) is 3. The van der Waals surface area contributed by atoms with Gasteiger partial charge in [0.1, 0.15) is 0 Å². The number of hydrogen-bond donors (Lipinski definition) is 2. The van der Waals surface area contributed by atoms with E-state index in [4.69, 9.17) is 21.4 Å². The molecule has 2 aliphatic rings. The van der Waals surface area contributed by atoms with Crippen LogP contribution in [0.15, 0.2) is 58.2 Å². The third-order valence-corrected chi connectivity index (χ3v) is 7.56. The highest BCUT2D eigenvalue weighted by atomic mass is 35.5. The number of esters is 1. The Morgan fingerprint density at radius 2 is 2.00 bits per heavy atom. The molecule has 1 saturated heterocycles. The summed E-state index contributed by atoms with van der Waals surface area (Å²) in [5.41, 5.74) is -0.729. The minimum atomic E-state index is -3.01. The van der Waals surface area contributed by atoms with Crippen molar-refractivity contribution in [3.05, 3.63) is 63.2 Å². The fraction of sp³-hybridized carbons (Fsp3) is 0.462. The van der Waals surface area contributed by atoms with Crippen molar-refractivity contribution in [3.8, 4) is 0 Å². The Bertz CT molecular complexity index is 1170. The van der Waals surface area contributed by atoms with Gasteiger partial charge in [-0.25, -0.2) is 18.6 Å². The van der Waals surface area contributed by atoms with Crippen LogP contribution in [0.5, 0.6) is 0 Å². The molecule has 1 fully saturated rings. The summed E-state index contributed by atoms with van der Waals surface area (Å²) < 4.78 is 34.8. The van der Waals surface area contributed by atoms with E-state index in [0.717, 1.165) is 5.02 Å². The molecule has 1 aromatic carbocycles. The van der Waals surface area contributed by atoms with E-state index < -0.39 is 35.9 Å². The zero-order valence-electron chi connectivity index (χ0n) is 21.4. The minimum Gasteiger partial charge on any atom is -0.481 e. The molecule has 0 spiro atoms. The third kappa shape index (κ3) is 7.15. The maximum absolute atomic E-state index is 14.8. The summed E-state index contributed by atoms with van der Waals surface area (Å²) in [4.78, 5) is 33.7. The lowest BCUT2D eigenvalue weighted by Gasteiger charge is -2.34. The number of hydrogen-bond acceptors (Lipinski definition) is 8. The van der Waals surface area contributed by atoms with Crippen LogP contribution in [0.2, 0.25) is 5.02 Å². The number of benzene rings is 1. The van der Waals surface area contributed by atoms with E-state index >= 15 is 0 Å². The Hall–Kier alpha value is -2.89. The van der Waals surface area contributed by atoms with Crippen LogP contribution in [0.25, 0.3) is 0 Å². The second-order valence-corrected chi connectivity index (χ2v) is 10.7. The summed E-state index contributed by atoms with van der Waals surface area (Å²) in [6.45, 7) is 4.30. The number of alkyl halides is 2. The standard InChI is InChI=1S/C20H26F2N4O4S.C6H5Cl/c1-4-30-18(29)12-9-24-16(17-23-7-8-31-17)25-13(12)10-26-11-20(21,22)19(2,3)14(26)5-6-15(27)28;7-6-4-2-1-3-5-6/h7-8,14H,4-6,9-11H2,1-3H3,(H,24,25)(H,27,28);1-5H. The van der Waals surface area contributed by atoms with Crippen LogP contribution >= 0.6 is 22.9 Å². The Morgan fingerprint density at radius 1 is 1.29 bits per heavy atom. The first kappa shape index (κ1) is 29.7. The molecule has 0 radical (unpaired) electrons. The Balaban J connectivity index is 0.000000494. The second-order valence-electron chi connectivity index (χ2n) is 9.38. The van der Waals surface area contributed by atoms with Gasteiger partial charge in [0.2, 0.25) is 0 Å². The van der Waals surface area contributed by atoms with Crippen LogP contribution in [-0.4, -0.2) is 71.0 Å². The number of likely N-dealkylation sites (tertiary alicyclic amines) is 1. The molecular formula is C26H31ClF2N4O4S. The number of nitrogens with one attached hydrogen (secondary N) is 1. The number of halogens is 3. The van der Waals surface area contributed by atoms with Crippen molar-refractivity contribution in [2.45, 2.75) is 45.6 Å². The Kier molecular flexibility index (Phi) is 9.97. The SMILES string of the molecule is CCOC(=O)C1=C(CN2CC(F)(F)C(C)(C)C2CCC(=O)O)NC(c2nccs2)=NC1.Clc1ccccc1. The first-order valence-electron chi connectivity index (χ1n) is 12.1.